The Kier molecular flexibility index (Phi) is 6.70. The van der Waals surface area contributed by atoms with Crippen LogP contribution in [0.4, 0.5) is 5.82 Å². The number of aromatic nitrogens is 2. The summed E-state index contributed by atoms with van der Waals surface area (Å²) in [5, 5.41) is 3.67. The molecule has 0 saturated carbocycles. The number of rotatable bonds is 6. The number of hydrogen-bond donors (Lipinski definition) is 2. The van der Waals surface area contributed by atoms with E-state index in [-0.39, 0.29) is 11.8 Å². The Morgan fingerprint density at radius 3 is 2.95 bits per heavy atom. The third-order valence-corrected chi connectivity index (χ3v) is 6.34. The SMILES string of the molecule is Cc1c(CN(C)C(=O)C=Cc2cnc3c(c2)CCC(N)C(=O)N3)oc2ccc(Oc3cccnc3)cc12. The van der Waals surface area contributed by atoms with Crippen LogP contribution in [0, 0.1) is 6.92 Å². The fourth-order valence-corrected chi connectivity index (χ4v) is 4.17. The molecule has 1 unspecified atom stereocenters. The van der Waals surface area contributed by atoms with Crippen LogP contribution in [0.5, 0.6) is 11.5 Å². The zero-order valence-electron chi connectivity index (χ0n) is 20.6. The van der Waals surface area contributed by atoms with Crippen molar-refractivity contribution in [3.63, 3.8) is 0 Å². The van der Waals surface area contributed by atoms with Gasteiger partial charge in [-0.2, -0.15) is 0 Å². The lowest BCUT2D eigenvalue weighted by Gasteiger charge is -2.14. The van der Waals surface area contributed by atoms with Gasteiger partial charge < -0.3 is 25.1 Å². The van der Waals surface area contributed by atoms with E-state index >= 15 is 0 Å². The van der Waals surface area contributed by atoms with Crippen LogP contribution in [0.1, 0.15) is 28.9 Å². The third kappa shape index (κ3) is 5.36. The lowest BCUT2D eigenvalue weighted by molar-refractivity contribution is -0.125. The first kappa shape index (κ1) is 24.2. The van der Waals surface area contributed by atoms with Gasteiger partial charge in [-0.25, -0.2) is 4.98 Å². The number of nitrogens with zero attached hydrogens (tertiary/aromatic N) is 3. The van der Waals surface area contributed by atoms with Gasteiger partial charge in [0.15, 0.2) is 0 Å². The van der Waals surface area contributed by atoms with E-state index in [4.69, 9.17) is 14.9 Å². The van der Waals surface area contributed by atoms with Gasteiger partial charge in [0.1, 0.15) is 28.7 Å². The number of ether oxygens (including phenoxy) is 1. The lowest BCUT2D eigenvalue weighted by atomic mass is 10.1. The predicted octanol–water partition coefficient (Wildman–Crippen LogP) is 4.21. The van der Waals surface area contributed by atoms with Crippen LogP contribution < -0.4 is 15.8 Å². The summed E-state index contributed by atoms with van der Waals surface area (Å²) < 4.78 is 11.9. The number of benzene rings is 1. The van der Waals surface area contributed by atoms with E-state index in [1.165, 1.54) is 6.08 Å². The molecule has 4 heterocycles. The number of fused-ring (bicyclic) bond motifs is 2. The molecule has 0 spiro atoms. The number of likely N-dealkylation sites (N-methyl/N-ethyl adjacent to an activating group) is 1. The fourth-order valence-electron chi connectivity index (χ4n) is 4.17. The van der Waals surface area contributed by atoms with Crippen LogP contribution in [0.15, 0.2) is 65.5 Å². The van der Waals surface area contributed by atoms with E-state index < -0.39 is 6.04 Å². The summed E-state index contributed by atoms with van der Waals surface area (Å²) in [6, 6.07) is 10.6. The predicted molar refractivity (Wildman–Crippen MR) is 140 cm³/mol. The Balaban J connectivity index is 1.26. The van der Waals surface area contributed by atoms with E-state index in [9.17, 15) is 9.59 Å². The van der Waals surface area contributed by atoms with Gasteiger partial charge >= 0.3 is 0 Å². The molecule has 1 aliphatic heterocycles. The molecule has 0 aliphatic carbocycles. The van der Waals surface area contributed by atoms with Gasteiger partial charge in [-0.3, -0.25) is 14.6 Å². The van der Waals surface area contributed by atoms with Crippen molar-refractivity contribution in [2.24, 2.45) is 5.73 Å². The average molecular weight is 498 g/mol. The first-order valence-corrected chi connectivity index (χ1v) is 12.0. The highest BCUT2D eigenvalue weighted by atomic mass is 16.5. The Morgan fingerprint density at radius 1 is 1.27 bits per heavy atom. The van der Waals surface area contributed by atoms with Crippen LogP contribution >= 0.6 is 0 Å². The smallest absolute Gasteiger partial charge is 0.246 e. The molecule has 0 saturated heterocycles. The Hall–Kier alpha value is -4.50. The first-order valence-electron chi connectivity index (χ1n) is 12.0. The van der Waals surface area contributed by atoms with Gasteiger partial charge in [0, 0.05) is 36.5 Å². The number of nitrogens with one attached hydrogen (secondary N) is 1. The van der Waals surface area contributed by atoms with Crippen LogP contribution in [-0.4, -0.2) is 39.8 Å². The van der Waals surface area contributed by atoms with Crippen LogP contribution in [-0.2, 0) is 22.6 Å². The summed E-state index contributed by atoms with van der Waals surface area (Å²) in [7, 11) is 1.72. The maximum atomic E-state index is 12.8. The second kappa shape index (κ2) is 10.2. The van der Waals surface area contributed by atoms with Gasteiger partial charge in [0.25, 0.3) is 0 Å². The molecule has 4 aromatic rings. The minimum absolute atomic E-state index is 0.175. The molecule has 188 valence electrons. The maximum Gasteiger partial charge on any atom is 0.246 e. The summed E-state index contributed by atoms with van der Waals surface area (Å²) in [5.41, 5.74) is 9.19. The number of pyridine rings is 2. The van der Waals surface area contributed by atoms with E-state index in [0.29, 0.717) is 42.5 Å². The van der Waals surface area contributed by atoms with Crippen molar-refractivity contribution < 1.29 is 18.7 Å². The summed E-state index contributed by atoms with van der Waals surface area (Å²) in [4.78, 5) is 34.7. The molecule has 2 amide bonds. The van der Waals surface area contributed by atoms with Crippen molar-refractivity contribution in [1.29, 1.82) is 0 Å². The van der Waals surface area contributed by atoms with E-state index in [2.05, 4.69) is 15.3 Å². The molecule has 1 aromatic carbocycles. The Morgan fingerprint density at radius 2 is 2.14 bits per heavy atom. The standard InChI is InChI=1S/C28H27N5O4/c1-17-22-13-20(36-21-4-3-11-30-15-21)7-9-24(22)37-25(17)16-33(2)26(34)10-5-18-12-19-6-8-23(29)28(35)32-27(19)31-14-18/h3-5,7,9-15,23H,6,8,16,29H2,1-2H3,(H,31,32,35). The van der Waals surface area contributed by atoms with Crippen molar-refractivity contribution in [3.05, 3.63) is 83.5 Å². The molecule has 37 heavy (non-hydrogen) atoms. The Bertz CT molecular complexity index is 1500. The lowest BCUT2D eigenvalue weighted by Crippen LogP contribution is -2.34. The normalized spacial score (nSPS) is 15.3. The van der Waals surface area contributed by atoms with Gasteiger partial charge in [0.2, 0.25) is 11.8 Å². The topological polar surface area (TPSA) is 124 Å². The van der Waals surface area contributed by atoms with Crippen molar-refractivity contribution in [2.45, 2.75) is 32.4 Å². The number of amides is 2. The summed E-state index contributed by atoms with van der Waals surface area (Å²) in [6.45, 7) is 2.28. The van der Waals surface area contributed by atoms with Crippen molar-refractivity contribution in [1.82, 2.24) is 14.9 Å². The molecule has 0 fully saturated rings. The molecular formula is C28H27N5O4. The number of furan rings is 1. The zero-order valence-corrected chi connectivity index (χ0v) is 20.6. The molecule has 0 bridgehead atoms. The summed E-state index contributed by atoms with van der Waals surface area (Å²) >= 11 is 0. The minimum atomic E-state index is -0.551. The molecule has 9 nitrogen and oxygen atoms in total. The molecule has 9 heteroatoms. The highest BCUT2D eigenvalue weighted by molar-refractivity contribution is 5.95. The van der Waals surface area contributed by atoms with E-state index in [0.717, 1.165) is 27.7 Å². The fraction of sp³-hybridized carbons (Fsp3) is 0.214. The number of anilines is 1. The van der Waals surface area contributed by atoms with Crippen molar-refractivity contribution in [3.8, 4) is 11.5 Å². The largest absolute Gasteiger partial charge is 0.459 e. The number of aryl methyl sites for hydroxylation is 2. The van der Waals surface area contributed by atoms with Crippen LogP contribution in [0.3, 0.4) is 0 Å². The third-order valence-electron chi connectivity index (χ3n) is 6.34. The zero-order chi connectivity index (χ0) is 25.9. The molecular weight excluding hydrogens is 470 g/mol. The second-order valence-electron chi connectivity index (χ2n) is 9.04. The van der Waals surface area contributed by atoms with Crippen LogP contribution in [0.25, 0.3) is 17.0 Å². The van der Waals surface area contributed by atoms with Gasteiger partial charge in [-0.1, -0.05) is 0 Å². The minimum Gasteiger partial charge on any atom is -0.459 e. The molecule has 0 radical (unpaired) electrons. The van der Waals surface area contributed by atoms with E-state index in [1.807, 2.05) is 43.3 Å². The van der Waals surface area contributed by atoms with Crippen LogP contribution in [0.2, 0.25) is 0 Å². The number of nitrogens with two attached hydrogens (primary N) is 1. The van der Waals surface area contributed by atoms with Crippen molar-refractivity contribution >= 4 is 34.7 Å². The maximum absolute atomic E-state index is 12.8. The second-order valence-corrected chi connectivity index (χ2v) is 9.04. The quantitative estimate of drug-likeness (QED) is 0.383. The first-order chi connectivity index (χ1) is 17.9. The van der Waals surface area contributed by atoms with Gasteiger partial charge in [0.05, 0.1) is 18.8 Å². The number of carbonyl (C=O) groups excluding carboxylic acids is 2. The molecule has 3 aromatic heterocycles. The molecule has 1 aliphatic rings. The molecule has 5 rings (SSSR count). The number of carbonyl (C=O) groups is 2. The average Bonchev–Trinajstić information content (AvgIpc) is 3.13. The van der Waals surface area contributed by atoms with Crippen molar-refractivity contribution in [2.75, 3.05) is 12.4 Å². The summed E-state index contributed by atoms with van der Waals surface area (Å²) in [5.74, 6) is 2.15. The summed E-state index contributed by atoms with van der Waals surface area (Å²) in [6.07, 6.45) is 9.36. The van der Waals surface area contributed by atoms with E-state index in [1.54, 1.807) is 36.6 Å². The Labute approximate surface area is 214 Å². The molecule has 1 atom stereocenters. The van der Waals surface area contributed by atoms with Gasteiger partial charge in [-0.15, -0.1) is 0 Å². The molecule has 3 N–H and O–H groups in total. The monoisotopic (exact) mass is 497 g/mol. The number of hydrogen-bond acceptors (Lipinski definition) is 7. The highest BCUT2D eigenvalue weighted by Crippen LogP contribution is 2.31. The highest BCUT2D eigenvalue weighted by Gasteiger charge is 2.21. The van der Waals surface area contributed by atoms with Gasteiger partial charge in [-0.05, 0) is 73.4 Å².